The second-order valence-corrected chi connectivity index (χ2v) is 5.16. The first kappa shape index (κ1) is 14.9. The molecule has 0 aromatic carbocycles. The minimum atomic E-state index is -0.494. The van der Waals surface area contributed by atoms with Gasteiger partial charge in [-0.2, -0.15) is 0 Å². The fraction of sp³-hybridized carbons (Fsp3) is 1.00. The molecule has 0 spiro atoms. The number of nitrogens with zero attached hydrogens (tertiary/aromatic N) is 1. The average molecular weight is 244 g/mol. The lowest BCUT2D eigenvalue weighted by molar-refractivity contribution is 0.0755. The Morgan fingerprint density at radius 2 is 1.88 bits per heavy atom. The summed E-state index contributed by atoms with van der Waals surface area (Å²) in [5.74, 6) is 0. The molecule has 0 aliphatic carbocycles. The van der Waals surface area contributed by atoms with Crippen LogP contribution in [0.15, 0.2) is 0 Å². The first-order valence-corrected chi connectivity index (χ1v) is 6.91. The van der Waals surface area contributed by atoms with Gasteiger partial charge >= 0.3 is 0 Å². The van der Waals surface area contributed by atoms with Gasteiger partial charge in [-0.1, -0.05) is 13.8 Å². The van der Waals surface area contributed by atoms with E-state index in [4.69, 9.17) is 0 Å². The highest BCUT2D eigenvalue weighted by atomic mass is 16.3. The Bertz CT molecular complexity index is 199. The maximum Gasteiger partial charge on any atom is 0.0647 e. The fourth-order valence-corrected chi connectivity index (χ4v) is 2.52. The first-order valence-electron chi connectivity index (χ1n) is 6.91. The first-order chi connectivity index (χ1) is 8.19. The fourth-order valence-electron chi connectivity index (χ4n) is 2.52. The Morgan fingerprint density at radius 3 is 2.41 bits per heavy atom. The molecule has 1 saturated heterocycles. The Morgan fingerprint density at radius 1 is 1.18 bits per heavy atom. The zero-order valence-electron chi connectivity index (χ0n) is 11.3. The van der Waals surface area contributed by atoms with Crippen LogP contribution in [0.3, 0.4) is 0 Å². The van der Waals surface area contributed by atoms with Crippen molar-refractivity contribution in [1.82, 2.24) is 10.2 Å². The highest BCUT2D eigenvalue weighted by molar-refractivity contribution is 4.90. The van der Waals surface area contributed by atoms with E-state index in [2.05, 4.69) is 17.1 Å². The zero-order valence-corrected chi connectivity index (χ0v) is 11.3. The summed E-state index contributed by atoms with van der Waals surface area (Å²) in [6.07, 6.45) is 4.20. The molecule has 0 amide bonds. The van der Waals surface area contributed by atoms with Crippen LogP contribution in [0.2, 0.25) is 0 Å². The van der Waals surface area contributed by atoms with E-state index in [1.54, 1.807) is 0 Å². The highest BCUT2D eigenvalue weighted by Crippen LogP contribution is 2.16. The van der Waals surface area contributed by atoms with Gasteiger partial charge in [0.25, 0.3) is 0 Å². The van der Waals surface area contributed by atoms with Crippen LogP contribution in [-0.4, -0.2) is 59.5 Å². The van der Waals surface area contributed by atoms with E-state index < -0.39 is 5.54 Å². The van der Waals surface area contributed by atoms with E-state index in [0.717, 1.165) is 32.4 Å². The third-order valence-corrected chi connectivity index (χ3v) is 4.06. The van der Waals surface area contributed by atoms with E-state index in [9.17, 15) is 10.2 Å². The topological polar surface area (TPSA) is 55.7 Å². The molecule has 102 valence electrons. The smallest absolute Gasteiger partial charge is 0.0647 e. The van der Waals surface area contributed by atoms with Gasteiger partial charge in [-0.15, -0.1) is 0 Å². The van der Waals surface area contributed by atoms with Gasteiger partial charge in [-0.05, 0) is 45.3 Å². The Kier molecular flexibility index (Phi) is 6.41. The van der Waals surface area contributed by atoms with Gasteiger partial charge in [0.2, 0.25) is 0 Å². The zero-order chi connectivity index (χ0) is 12.7. The molecule has 1 aliphatic heterocycles. The number of aliphatic hydroxyl groups excluding tert-OH is 2. The van der Waals surface area contributed by atoms with Gasteiger partial charge in [0.15, 0.2) is 0 Å². The van der Waals surface area contributed by atoms with Crippen LogP contribution < -0.4 is 5.32 Å². The van der Waals surface area contributed by atoms with Crippen molar-refractivity contribution in [3.63, 3.8) is 0 Å². The van der Waals surface area contributed by atoms with E-state index in [0.29, 0.717) is 6.04 Å². The van der Waals surface area contributed by atoms with E-state index >= 15 is 0 Å². The Hall–Kier alpha value is -0.160. The summed E-state index contributed by atoms with van der Waals surface area (Å²) < 4.78 is 0. The van der Waals surface area contributed by atoms with Crippen molar-refractivity contribution in [2.75, 3.05) is 32.8 Å². The SMILES string of the molecule is CCN1CCCC(NC(CC)(CO)CO)CC1. The molecule has 0 aromatic heterocycles. The summed E-state index contributed by atoms with van der Waals surface area (Å²) in [5, 5.41) is 22.4. The molecule has 4 nitrogen and oxygen atoms in total. The second-order valence-electron chi connectivity index (χ2n) is 5.16. The largest absolute Gasteiger partial charge is 0.394 e. The summed E-state index contributed by atoms with van der Waals surface area (Å²) in [4.78, 5) is 2.47. The quantitative estimate of drug-likeness (QED) is 0.640. The van der Waals surface area contributed by atoms with Crippen LogP contribution in [-0.2, 0) is 0 Å². The third kappa shape index (κ3) is 4.21. The number of aliphatic hydroxyl groups is 2. The van der Waals surface area contributed by atoms with Crippen molar-refractivity contribution < 1.29 is 10.2 Å². The summed E-state index contributed by atoms with van der Waals surface area (Å²) in [6, 6.07) is 0.422. The summed E-state index contributed by atoms with van der Waals surface area (Å²) in [5.41, 5.74) is -0.494. The molecule has 0 radical (unpaired) electrons. The Labute approximate surface area is 105 Å². The lowest BCUT2D eigenvalue weighted by Gasteiger charge is -2.34. The van der Waals surface area contributed by atoms with Crippen LogP contribution in [0.4, 0.5) is 0 Å². The molecule has 0 saturated carbocycles. The molecule has 1 fully saturated rings. The molecule has 0 aromatic rings. The normalized spacial score (nSPS) is 23.6. The number of hydrogen-bond acceptors (Lipinski definition) is 4. The molecule has 0 bridgehead atoms. The van der Waals surface area contributed by atoms with Crippen molar-refractivity contribution in [3.8, 4) is 0 Å². The molecule has 1 rings (SSSR count). The lowest BCUT2D eigenvalue weighted by Crippen LogP contribution is -2.55. The molecule has 4 heteroatoms. The van der Waals surface area contributed by atoms with Crippen LogP contribution in [0, 0.1) is 0 Å². The van der Waals surface area contributed by atoms with E-state index in [1.807, 2.05) is 6.92 Å². The number of likely N-dealkylation sites (tertiary alicyclic amines) is 1. The number of nitrogens with one attached hydrogen (secondary N) is 1. The third-order valence-electron chi connectivity index (χ3n) is 4.06. The van der Waals surface area contributed by atoms with Gasteiger partial charge in [0.1, 0.15) is 0 Å². The standard InChI is InChI=1S/C13H28N2O2/c1-3-13(10-16,11-17)14-12-6-5-8-15(4-2)9-7-12/h12,14,16-17H,3-11H2,1-2H3. The summed E-state index contributed by atoms with van der Waals surface area (Å²) in [7, 11) is 0. The lowest BCUT2D eigenvalue weighted by atomic mass is 9.95. The predicted octanol–water partition coefficient (Wildman–Crippen LogP) is 0.584. The molecule has 1 heterocycles. The molecule has 1 atom stereocenters. The molecule has 1 unspecified atom stereocenters. The van der Waals surface area contributed by atoms with E-state index in [1.165, 1.54) is 13.0 Å². The molecule has 3 N–H and O–H groups in total. The van der Waals surface area contributed by atoms with Gasteiger partial charge < -0.3 is 20.4 Å². The van der Waals surface area contributed by atoms with Crippen LogP contribution >= 0.6 is 0 Å². The number of rotatable bonds is 6. The van der Waals surface area contributed by atoms with Gasteiger partial charge in [-0.25, -0.2) is 0 Å². The second kappa shape index (κ2) is 7.31. The van der Waals surface area contributed by atoms with Gasteiger partial charge in [-0.3, -0.25) is 0 Å². The Balaban J connectivity index is 2.50. The minimum Gasteiger partial charge on any atom is -0.394 e. The molecular weight excluding hydrogens is 216 g/mol. The van der Waals surface area contributed by atoms with Crippen molar-refractivity contribution in [3.05, 3.63) is 0 Å². The van der Waals surface area contributed by atoms with Crippen molar-refractivity contribution in [2.45, 2.75) is 51.1 Å². The van der Waals surface area contributed by atoms with Crippen molar-refractivity contribution in [1.29, 1.82) is 0 Å². The van der Waals surface area contributed by atoms with Crippen molar-refractivity contribution in [2.24, 2.45) is 0 Å². The van der Waals surface area contributed by atoms with Crippen LogP contribution in [0.1, 0.15) is 39.5 Å². The van der Waals surface area contributed by atoms with Crippen molar-refractivity contribution >= 4 is 0 Å². The summed E-state index contributed by atoms with van der Waals surface area (Å²) >= 11 is 0. The predicted molar refractivity (Wildman–Crippen MR) is 70.1 cm³/mol. The van der Waals surface area contributed by atoms with E-state index in [-0.39, 0.29) is 13.2 Å². The maximum absolute atomic E-state index is 9.44. The molecular formula is C13H28N2O2. The highest BCUT2D eigenvalue weighted by Gasteiger charge is 2.29. The molecule has 17 heavy (non-hydrogen) atoms. The average Bonchev–Trinajstić information content (AvgIpc) is 2.61. The molecule has 1 aliphatic rings. The van der Waals surface area contributed by atoms with Crippen LogP contribution in [0.25, 0.3) is 0 Å². The summed E-state index contributed by atoms with van der Waals surface area (Å²) in [6.45, 7) is 7.63. The van der Waals surface area contributed by atoms with Gasteiger partial charge in [0.05, 0.1) is 18.8 Å². The van der Waals surface area contributed by atoms with Crippen LogP contribution in [0.5, 0.6) is 0 Å². The monoisotopic (exact) mass is 244 g/mol. The maximum atomic E-state index is 9.44. The van der Waals surface area contributed by atoms with Gasteiger partial charge in [0, 0.05) is 6.04 Å². The minimum absolute atomic E-state index is 0.00793. The number of hydrogen-bond donors (Lipinski definition) is 3.